The van der Waals surface area contributed by atoms with Crippen molar-refractivity contribution < 1.29 is 4.74 Å². The van der Waals surface area contributed by atoms with Crippen LogP contribution in [0.4, 0.5) is 0 Å². The molecule has 2 aliphatic heterocycles. The summed E-state index contributed by atoms with van der Waals surface area (Å²) in [6.45, 7) is 4.33. The minimum absolute atomic E-state index is 0.488. The van der Waals surface area contributed by atoms with Gasteiger partial charge in [-0.05, 0) is 30.9 Å². The Labute approximate surface area is 97.0 Å². The Balaban J connectivity index is 1.96. The van der Waals surface area contributed by atoms with Crippen LogP contribution in [-0.4, -0.2) is 13.2 Å². The van der Waals surface area contributed by atoms with Crippen molar-refractivity contribution in [1.82, 2.24) is 5.32 Å². The largest absolute Gasteiger partial charge is 0.493 e. The van der Waals surface area contributed by atoms with E-state index in [0.717, 1.165) is 25.3 Å². The molecule has 1 saturated heterocycles. The zero-order valence-corrected chi connectivity index (χ0v) is 9.83. The van der Waals surface area contributed by atoms with E-state index in [1.807, 2.05) is 0 Å². The van der Waals surface area contributed by atoms with Crippen LogP contribution in [-0.2, 0) is 6.42 Å². The lowest BCUT2D eigenvalue weighted by Crippen LogP contribution is -2.33. The number of para-hydroxylation sites is 1. The van der Waals surface area contributed by atoms with Crippen LogP contribution in [0.1, 0.15) is 36.9 Å². The van der Waals surface area contributed by atoms with Gasteiger partial charge in [0.25, 0.3) is 0 Å². The topological polar surface area (TPSA) is 21.3 Å². The van der Waals surface area contributed by atoms with Crippen molar-refractivity contribution in [3.05, 3.63) is 29.3 Å². The molecule has 1 fully saturated rings. The SMILES string of the molecule is CC1CCCNC1c1cccc2c1OCC2. The first kappa shape index (κ1) is 10.2. The summed E-state index contributed by atoms with van der Waals surface area (Å²) in [6, 6.07) is 7.08. The Kier molecular flexibility index (Phi) is 2.60. The lowest BCUT2D eigenvalue weighted by Gasteiger charge is -2.31. The van der Waals surface area contributed by atoms with Gasteiger partial charge in [0.2, 0.25) is 0 Å². The predicted octanol–water partition coefficient (Wildman–Crippen LogP) is 2.68. The fraction of sp³-hybridized carbons (Fsp3) is 0.571. The summed E-state index contributed by atoms with van der Waals surface area (Å²) in [5.41, 5.74) is 2.76. The molecule has 2 heterocycles. The van der Waals surface area contributed by atoms with Gasteiger partial charge in [0, 0.05) is 18.0 Å². The number of fused-ring (bicyclic) bond motifs is 1. The molecular formula is C14H19NO. The Hall–Kier alpha value is -1.02. The molecule has 2 atom stereocenters. The second-order valence-electron chi connectivity index (χ2n) is 4.99. The molecule has 2 nitrogen and oxygen atoms in total. The molecular weight excluding hydrogens is 198 g/mol. The predicted molar refractivity (Wildman–Crippen MR) is 64.8 cm³/mol. The van der Waals surface area contributed by atoms with E-state index in [9.17, 15) is 0 Å². The van der Waals surface area contributed by atoms with Crippen LogP contribution in [0.3, 0.4) is 0 Å². The first-order valence-corrected chi connectivity index (χ1v) is 6.34. The molecule has 16 heavy (non-hydrogen) atoms. The summed E-state index contributed by atoms with van der Waals surface area (Å²) in [6.07, 6.45) is 3.69. The van der Waals surface area contributed by atoms with Crippen molar-refractivity contribution in [2.75, 3.05) is 13.2 Å². The molecule has 0 amide bonds. The number of hydrogen-bond acceptors (Lipinski definition) is 2. The summed E-state index contributed by atoms with van der Waals surface area (Å²) in [5, 5.41) is 3.63. The van der Waals surface area contributed by atoms with Crippen LogP contribution in [0.5, 0.6) is 5.75 Å². The Morgan fingerprint density at radius 1 is 1.38 bits per heavy atom. The number of nitrogens with one attached hydrogen (secondary N) is 1. The molecule has 3 rings (SSSR count). The molecule has 0 bridgehead atoms. The second kappa shape index (κ2) is 4.10. The van der Waals surface area contributed by atoms with Crippen molar-refractivity contribution in [3.8, 4) is 5.75 Å². The van der Waals surface area contributed by atoms with Gasteiger partial charge in [-0.15, -0.1) is 0 Å². The van der Waals surface area contributed by atoms with Gasteiger partial charge in [-0.1, -0.05) is 25.1 Å². The number of ether oxygens (including phenoxy) is 1. The van der Waals surface area contributed by atoms with E-state index in [2.05, 4.69) is 30.4 Å². The van der Waals surface area contributed by atoms with Gasteiger partial charge in [0.05, 0.1) is 6.61 Å². The third-order valence-corrected chi connectivity index (χ3v) is 3.85. The molecule has 2 aliphatic rings. The summed E-state index contributed by atoms with van der Waals surface area (Å²) in [4.78, 5) is 0. The highest BCUT2D eigenvalue weighted by molar-refractivity contribution is 5.46. The molecule has 2 heteroatoms. The highest BCUT2D eigenvalue weighted by atomic mass is 16.5. The van der Waals surface area contributed by atoms with Crippen LogP contribution in [0.2, 0.25) is 0 Å². The maximum Gasteiger partial charge on any atom is 0.127 e. The maximum atomic E-state index is 5.79. The first-order valence-electron chi connectivity index (χ1n) is 6.34. The van der Waals surface area contributed by atoms with Crippen molar-refractivity contribution in [3.63, 3.8) is 0 Å². The normalized spacial score (nSPS) is 28.6. The lowest BCUT2D eigenvalue weighted by atomic mass is 9.86. The number of rotatable bonds is 1. The number of piperidine rings is 1. The lowest BCUT2D eigenvalue weighted by molar-refractivity contribution is 0.290. The van der Waals surface area contributed by atoms with Gasteiger partial charge in [-0.2, -0.15) is 0 Å². The van der Waals surface area contributed by atoms with E-state index in [0.29, 0.717) is 12.0 Å². The Bertz CT molecular complexity index is 388. The monoisotopic (exact) mass is 217 g/mol. The fourth-order valence-electron chi connectivity index (χ4n) is 2.95. The molecule has 0 spiro atoms. The van der Waals surface area contributed by atoms with E-state index < -0.39 is 0 Å². The Morgan fingerprint density at radius 2 is 2.31 bits per heavy atom. The molecule has 0 saturated carbocycles. The maximum absolute atomic E-state index is 5.79. The van der Waals surface area contributed by atoms with Crippen LogP contribution >= 0.6 is 0 Å². The van der Waals surface area contributed by atoms with Gasteiger partial charge in [0.1, 0.15) is 5.75 Å². The van der Waals surface area contributed by atoms with Crippen molar-refractivity contribution in [2.24, 2.45) is 5.92 Å². The van der Waals surface area contributed by atoms with Gasteiger partial charge in [0.15, 0.2) is 0 Å². The molecule has 0 aliphatic carbocycles. The van der Waals surface area contributed by atoms with Crippen molar-refractivity contribution in [1.29, 1.82) is 0 Å². The third-order valence-electron chi connectivity index (χ3n) is 3.85. The van der Waals surface area contributed by atoms with Gasteiger partial charge >= 0.3 is 0 Å². The summed E-state index contributed by atoms with van der Waals surface area (Å²) in [5.74, 6) is 1.87. The molecule has 86 valence electrons. The zero-order chi connectivity index (χ0) is 11.0. The highest BCUT2D eigenvalue weighted by Crippen LogP contribution is 2.38. The van der Waals surface area contributed by atoms with E-state index in [1.54, 1.807) is 0 Å². The number of benzene rings is 1. The van der Waals surface area contributed by atoms with E-state index in [1.165, 1.54) is 24.0 Å². The summed E-state index contributed by atoms with van der Waals surface area (Å²) >= 11 is 0. The van der Waals surface area contributed by atoms with Crippen LogP contribution in [0.25, 0.3) is 0 Å². The van der Waals surface area contributed by atoms with E-state index in [4.69, 9.17) is 4.74 Å². The van der Waals surface area contributed by atoms with Crippen molar-refractivity contribution in [2.45, 2.75) is 32.2 Å². The average Bonchev–Trinajstić information content (AvgIpc) is 2.77. The summed E-state index contributed by atoms with van der Waals surface area (Å²) in [7, 11) is 0. The van der Waals surface area contributed by atoms with Gasteiger partial charge in [-0.3, -0.25) is 0 Å². The average molecular weight is 217 g/mol. The molecule has 0 radical (unpaired) electrons. The fourth-order valence-corrected chi connectivity index (χ4v) is 2.95. The molecule has 1 aromatic rings. The number of hydrogen-bond donors (Lipinski definition) is 1. The third kappa shape index (κ3) is 1.61. The second-order valence-corrected chi connectivity index (χ2v) is 4.99. The Morgan fingerprint density at radius 3 is 3.19 bits per heavy atom. The zero-order valence-electron chi connectivity index (χ0n) is 9.83. The standard InChI is InChI=1S/C14H19NO/c1-10-4-3-8-15-13(10)12-6-2-5-11-7-9-16-14(11)12/h2,5-6,10,13,15H,3-4,7-9H2,1H3. The minimum atomic E-state index is 0.488. The van der Waals surface area contributed by atoms with E-state index >= 15 is 0 Å². The molecule has 2 unspecified atom stereocenters. The minimum Gasteiger partial charge on any atom is -0.493 e. The summed E-state index contributed by atoms with van der Waals surface area (Å²) < 4.78 is 5.79. The molecule has 1 aromatic carbocycles. The van der Waals surface area contributed by atoms with E-state index in [-0.39, 0.29) is 0 Å². The van der Waals surface area contributed by atoms with Gasteiger partial charge in [-0.25, -0.2) is 0 Å². The van der Waals surface area contributed by atoms with Crippen LogP contribution in [0, 0.1) is 5.92 Å². The highest BCUT2D eigenvalue weighted by Gasteiger charge is 2.27. The molecule has 0 aromatic heterocycles. The molecule has 1 N–H and O–H groups in total. The van der Waals surface area contributed by atoms with Gasteiger partial charge < -0.3 is 10.1 Å². The van der Waals surface area contributed by atoms with Crippen LogP contribution in [0.15, 0.2) is 18.2 Å². The quantitative estimate of drug-likeness (QED) is 0.781. The first-order chi connectivity index (χ1) is 7.86. The van der Waals surface area contributed by atoms with Crippen molar-refractivity contribution >= 4 is 0 Å². The smallest absolute Gasteiger partial charge is 0.127 e. The van der Waals surface area contributed by atoms with Crippen LogP contribution < -0.4 is 10.1 Å².